The Hall–Kier alpha value is -2.60. The molecule has 1 atom stereocenters. The molecule has 1 unspecified atom stereocenters. The molecule has 4 N–H and O–H groups in total. The number of aromatic amines is 1. The molecule has 3 heterocycles. The van der Waals surface area contributed by atoms with Gasteiger partial charge in [0, 0.05) is 35.5 Å². The van der Waals surface area contributed by atoms with Gasteiger partial charge in [-0.3, -0.25) is 9.89 Å². The average Bonchev–Trinajstić information content (AvgIpc) is 2.96. The standard InChI is InChI=1S/C16H16N4O2/c1-8-4-9(2-3-12(8)21)14-10-5-18-20-16(10)19-11-6-17-7-13(22)15(11)14/h2-5,14,17,21H,6-7H2,1H3,(H2,18,19,20). The Kier molecular flexibility index (Phi) is 2.80. The first kappa shape index (κ1) is 13.1. The molecule has 2 aliphatic rings. The topological polar surface area (TPSA) is 90.0 Å². The van der Waals surface area contributed by atoms with Gasteiger partial charge < -0.3 is 15.7 Å². The van der Waals surface area contributed by atoms with Crippen molar-refractivity contribution in [2.24, 2.45) is 0 Å². The number of rotatable bonds is 1. The van der Waals surface area contributed by atoms with Crippen LogP contribution in [-0.2, 0) is 4.79 Å². The van der Waals surface area contributed by atoms with E-state index in [0.29, 0.717) is 13.1 Å². The molecule has 2 aliphatic heterocycles. The Morgan fingerprint density at radius 1 is 1.32 bits per heavy atom. The average molecular weight is 296 g/mol. The fourth-order valence-electron chi connectivity index (χ4n) is 3.23. The van der Waals surface area contributed by atoms with Gasteiger partial charge in [-0.05, 0) is 24.1 Å². The largest absolute Gasteiger partial charge is 0.508 e. The fraction of sp³-hybridized carbons (Fsp3) is 0.250. The Morgan fingerprint density at radius 2 is 2.18 bits per heavy atom. The van der Waals surface area contributed by atoms with Gasteiger partial charge >= 0.3 is 0 Å². The molecule has 0 aliphatic carbocycles. The minimum atomic E-state index is -0.154. The highest BCUT2D eigenvalue weighted by molar-refractivity contribution is 6.02. The number of fused-ring (bicyclic) bond motifs is 1. The van der Waals surface area contributed by atoms with E-state index >= 15 is 0 Å². The van der Waals surface area contributed by atoms with E-state index < -0.39 is 0 Å². The SMILES string of the molecule is Cc1cc(C2C3=C(CNCC3=O)Nc3n[nH]cc32)ccc1O. The Morgan fingerprint density at radius 3 is 3.00 bits per heavy atom. The summed E-state index contributed by atoms with van der Waals surface area (Å²) in [6, 6.07) is 5.48. The first-order valence-corrected chi connectivity index (χ1v) is 7.22. The summed E-state index contributed by atoms with van der Waals surface area (Å²) in [7, 11) is 0. The number of H-pyrrole nitrogens is 1. The molecule has 0 spiro atoms. The van der Waals surface area contributed by atoms with Crippen LogP contribution in [0.2, 0.25) is 0 Å². The van der Waals surface area contributed by atoms with Crippen molar-refractivity contribution in [3.8, 4) is 5.75 Å². The lowest BCUT2D eigenvalue weighted by atomic mass is 9.79. The van der Waals surface area contributed by atoms with E-state index in [1.807, 2.05) is 25.3 Å². The molecule has 0 fully saturated rings. The highest BCUT2D eigenvalue weighted by Crippen LogP contribution is 2.42. The van der Waals surface area contributed by atoms with Gasteiger partial charge in [-0.15, -0.1) is 0 Å². The number of Topliss-reactive ketones (excluding diaryl/α,β-unsaturated/α-hetero) is 1. The zero-order valence-corrected chi connectivity index (χ0v) is 12.1. The summed E-state index contributed by atoms with van der Waals surface area (Å²) in [5, 5.41) is 23.2. The molecule has 1 aromatic heterocycles. The van der Waals surface area contributed by atoms with Gasteiger partial charge in [-0.1, -0.05) is 12.1 Å². The summed E-state index contributed by atoms with van der Waals surface area (Å²) in [5.74, 6) is 0.956. The van der Waals surface area contributed by atoms with Gasteiger partial charge in [0.2, 0.25) is 0 Å². The zero-order chi connectivity index (χ0) is 15.3. The molecule has 1 aromatic carbocycles. The van der Waals surface area contributed by atoms with Crippen LogP contribution in [0.4, 0.5) is 5.82 Å². The van der Waals surface area contributed by atoms with E-state index in [9.17, 15) is 9.90 Å². The maximum atomic E-state index is 12.5. The second-order valence-corrected chi connectivity index (χ2v) is 5.71. The molecule has 2 aromatic rings. The van der Waals surface area contributed by atoms with Crippen molar-refractivity contribution in [2.75, 3.05) is 18.4 Å². The monoisotopic (exact) mass is 296 g/mol. The van der Waals surface area contributed by atoms with Crippen LogP contribution < -0.4 is 10.6 Å². The van der Waals surface area contributed by atoms with Crippen molar-refractivity contribution in [3.05, 3.63) is 52.4 Å². The molecule has 22 heavy (non-hydrogen) atoms. The maximum absolute atomic E-state index is 12.5. The number of aromatic nitrogens is 2. The summed E-state index contributed by atoms with van der Waals surface area (Å²) >= 11 is 0. The molecule has 0 amide bonds. The number of nitrogens with zero attached hydrogens (tertiary/aromatic N) is 1. The van der Waals surface area contributed by atoms with Crippen LogP contribution in [0.3, 0.4) is 0 Å². The smallest absolute Gasteiger partial charge is 0.175 e. The number of aromatic hydroxyl groups is 1. The number of benzene rings is 1. The number of anilines is 1. The number of carbonyl (C=O) groups is 1. The number of phenols is 1. The molecule has 0 saturated carbocycles. The summed E-state index contributed by atoms with van der Waals surface area (Å²) in [6.45, 7) is 2.83. The van der Waals surface area contributed by atoms with Crippen molar-refractivity contribution in [2.45, 2.75) is 12.8 Å². The molecule has 4 rings (SSSR count). The quantitative estimate of drug-likeness (QED) is 0.639. The first-order chi connectivity index (χ1) is 10.6. The summed E-state index contributed by atoms with van der Waals surface area (Å²) in [5.41, 5.74) is 4.41. The fourth-order valence-corrected chi connectivity index (χ4v) is 3.23. The molecule has 0 radical (unpaired) electrons. The minimum absolute atomic E-state index is 0.0938. The number of hydrogen-bond donors (Lipinski definition) is 4. The number of carbonyl (C=O) groups excluding carboxylic acids is 1. The summed E-state index contributed by atoms with van der Waals surface area (Å²) < 4.78 is 0. The van der Waals surface area contributed by atoms with E-state index in [-0.39, 0.29) is 17.5 Å². The van der Waals surface area contributed by atoms with Crippen LogP contribution in [0.25, 0.3) is 0 Å². The predicted octanol–water partition coefficient (Wildman–Crippen LogP) is 1.41. The third-order valence-electron chi connectivity index (χ3n) is 4.31. The third-order valence-corrected chi connectivity index (χ3v) is 4.31. The third kappa shape index (κ3) is 1.84. The zero-order valence-electron chi connectivity index (χ0n) is 12.1. The normalized spacial score (nSPS) is 20.4. The summed E-state index contributed by atoms with van der Waals surface area (Å²) in [6.07, 6.45) is 1.83. The van der Waals surface area contributed by atoms with Crippen molar-refractivity contribution >= 4 is 11.6 Å². The Bertz CT molecular complexity index is 806. The van der Waals surface area contributed by atoms with Crippen LogP contribution in [0.1, 0.15) is 22.6 Å². The van der Waals surface area contributed by atoms with Crippen molar-refractivity contribution in [1.29, 1.82) is 0 Å². The van der Waals surface area contributed by atoms with Crippen LogP contribution in [0.15, 0.2) is 35.7 Å². The second kappa shape index (κ2) is 4.71. The van der Waals surface area contributed by atoms with Gasteiger partial charge in [-0.2, -0.15) is 5.10 Å². The van der Waals surface area contributed by atoms with Crippen LogP contribution in [0, 0.1) is 6.92 Å². The number of phenolic OH excluding ortho intramolecular Hbond substituents is 1. The van der Waals surface area contributed by atoms with Crippen molar-refractivity contribution < 1.29 is 9.90 Å². The molecule has 6 heteroatoms. The Labute approximate surface area is 127 Å². The van der Waals surface area contributed by atoms with Crippen LogP contribution in [-0.4, -0.2) is 34.2 Å². The van der Waals surface area contributed by atoms with Crippen LogP contribution in [0.5, 0.6) is 5.75 Å². The molecule has 0 bridgehead atoms. The lowest BCUT2D eigenvalue weighted by Gasteiger charge is -2.31. The van der Waals surface area contributed by atoms with Gasteiger partial charge in [0.05, 0.1) is 6.54 Å². The predicted molar refractivity (Wildman–Crippen MR) is 81.8 cm³/mol. The van der Waals surface area contributed by atoms with Gasteiger partial charge in [0.15, 0.2) is 11.6 Å². The Balaban J connectivity index is 1.92. The highest BCUT2D eigenvalue weighted by atomic mass is 16.3. The van der Waals surface area contributed by atoms with E-state index in [2.05, 4.69) is 20.8 Å². The van der Waals surface area contributed by atoms with E-state index in [0.717, 1.165) is 33.8 Å². The molecule has 6 nitrogen and oxygen atoms in total. The van der Waals surface area contributed by atoms with Crippen molar-refractivity contribution in [3.63, 3.8) is 0 Å². The highest BCUT2D eigenvalue weighted by Gasteiger charge is 2.36. The minimum Gasteiger partial charge on any atom is -0.508 e. The van der Waals surface area contributed by atoms with Gasteiger partial charge in [0.25, 0.3) is 0 Å². The van der Waals surface area contributed by atoms with E-state index in [1.165, 1.54) is 0 Å². The van der Waals surface area contributed by atoms with E-state index in [1.54, 1.807) is 6.07 Å². The lowest BCUT2D eigenvalue weighted by Crippen LogP contribution is -2.39. The molecule has 112 valence electrons. The van der Waals surface area contributed by atoms with Crippen LogP contribution >= 0.6 is 0 Å². The lowest BCUT2D eigenvalue weighted by molar-refractivity contribution is -0.115. The number of aryl methyl sites for hydroxylation is 1. The van der Waals surface area contributed by atoms with Gasteiger partial charge in [0.1, 0.15) is 5.75 Å². The summed E-state index contributed by atoms with van der Waals surface area (Å²) in [4.78, 5) is 12.5. The van der Waals surface area contributed by atoms with E-state index in [4.69, 9.17) is 0 Å². The number of hydrogen-bond acceptors (Lipinski definition) is 5. The number of ketones is 1. The maximum Gasteiger partial charge on any atom is 0.175 e. The molecular weight excluding hydrogens is 280 g/mol. The number of nitrogens with one attached hydrogen (secondary N) is 3. The first-order valence-electron chi connectivity index (χ1n) is 7.22. The molecular formula is C16H16N4O2. The molecule has 0 saturated heterocycles. The second-order valence-electron chi connectivity index (χ2n) is 5.71. The van der Waals surface area contributed by atoms with Gasteiger partial charge in [-0.25, -0.2) is 0 Å². The van der Waals surface area contributed by atoms with Crippen molar-refractivity contribution in [1.82, 2.24) is 15.5 Å².